The van der Waals surface area contributed by atoms with Gasteiger partial charge >= 0.3 is 6.18 Å². The van der Waals surface area contributed by atoms with Crippen molar-refractivity contribution in [2.75, 3.05) is 25.6 Å². The maximum Gasteiger partial charge on any atom is 0.417 e. The van der Waals surface area contributed by atoms with E-state index >= 15 is 0 Å². The lowest BCUT2D eigenvalue weighted by molar-refractivity contribution is -0.137. The van der Waals surface area contributed by atoms with Gasteiger partial charge in [-0.3, -0.25) is 4.98 Å². The van der Waals surface area contributed by atoms with Crippen molar-refractivity contribution in [3.63, 3.8) is 0 Å². The Labute approximate surface area is 259 Å². The third-order valence-electron chi connectivity index (χ3n) is 8.37. The number of alkyl halides is 3. The van der Waals surface area contributed by atoms with Crippen molar-refractivity contribution in [1.82, 2.24) is 14.3 Å². The van der Waals surface area contributed by atoms with E-state index in [9.17, 15) is 25.8 Å². The third-order valence-corrected chi connectivity index (χ3v) is 12.5. The summed E-state index contributed by atoms with van der Waals surface area (Å²) in [7, 11) is -3.03. The van der Waals surface area contributed by atoms with Crippen LogP contribution < -0.4 is 5.32 Å². The number of aromatic nitrogens is 2. The molecule has 1 unspecified atom stereocenters. The predicted molar refractivity (Wildman–Crippen MR) is 164 cm³/mol. The number of sulfone groups is 1. The van der Waals surface area contributed by atoms with Gasteiger partial charge in [0.15, 0.2) is 9.84 Å². The van der Waals surface area contributed by atoms with Crippen LogP contribution >= 0.6 is 0 Å². The van der Waals surface area contributed by atoms with Gasteiger partial charge in [0.05, 0.1) is 39.4 Å². The summed E-state index contributed by atoms with van der Waals surface area (Å²) in [4.78, 5) is 8.72. The largest absolute Gasteiger partial charge is 0.417 e. The zero-order chi connectivity index (χ0) is 31.9. The zero-order valence-corrected chi connectivity index (χ0v) is 26.7. The van der Waals surface area contributed by atoms with Crippen LogP contribution in [0.2, 0.25) is 0 Å². The van der Waals surface area contributed by atoms with E-state index in [0.717, 1.165) is 29.1 Å². The summed E-state index contributed by atoms with van der Waals surface area (Å²) < 4.78 is 85.5. The molecule has 1 aliphatic heterocycles. The highest BCUT2D eigenvalue weighted by Crippen LogP contribution is 2.39. The van der Waals surface area contributed by atoms with Gasteiger partial charge in [-0.1, -0.05) is 12.1 Å². The minimum atomic E-state index is -4.45. The second-order valence-electron chi connectivity index (χ2n) is 12.4. The summed E-state index contributed by atoms with van der Waals surface area (Å²) in [6.45, 7) is 6.52. The van der Waals surface area contributed by atoms with E-state index in [4.69, 9.17) is 4.74 Å². The standard InChI is InChI=1S/C31H37F3N4O4S2/c1-29(2,3)43(39)38(4)30(19-42-20-30)27-17-22(15-16-35-27)21-5-10-25(11-6-21)44(40,41)26-12-8-24(9-13-26)37-28-14-7-23(18-36-28)31(32,33)34/h5-7,10-11,14-18,24,26H,8-9,12-13,19-20H2,1-4H3,(H,36,37). The first-order valence-corrected chi connectivity index (χ1v) is 17.1. The van der Waals surface area contributed by atoms with Crippen LogP contribution in [0, 0.1) is 0 Å². The smallest absolute Gasteiger partial charge is 0.376 e. The van der Waals surface area contributed by atoms with E-state index in [1.165, 1.54) is 6.07 Å². The van der Waals surface area contributed by atoms with Gasteiger partial charge in [-0.15, -0.1) is 0 Å². The summed E-state index contributed by atoms with van der Waals surface area (Å²) in [5, 5.41) is 2.59. The third kappa shape index (κ3) is 6.56. The number of benzene rings is 1. The molecule has 0 amide bonds. The Balaban J connectivity index is 1.25. The molecule has 3 heterocycles. The van der Waals surface area contributed by atoms with Gasteiger partial charge in [0, 0.05) is 25.5 Å². The van der Waals surface area contributed by atoms with Gasteiger partial charge in [-0.05, 0) is 94.0 Å². The molecule has 1 saturated carbocycles. The Bertz CT molecular complexity index is 1600. The highest BCUT2D eigenvalue weighted by Gasteiger charge is 2.49. The fraction of sp³-hybridized carbons (Fsp3) is 0.484. The second-order valence-corrected chi connectivity index (χ2v) is 16.9. The Hall–Kier alpha value is -2.87. The monoisotopic (exact) mass is 650 g/mol. The second kappa shape index (κ2) is 12.1. The molecule has 0 spiro atoms. The summed E-state index contributed by atoms with van der Waals surface area (Å²) >= 11 is 0. The average Bonchev–Trinajstić information content (AvgIpc) is 2.96. The van der Waals surface area contributed by atoms with Crippen molar-refractivity contribution in [2.45, 2.75) is 79.1 Å². The normalized spacial score (nSPS) is 21.5. The van der Waals surface area contributed by atoms with Crippen LogP contribution in [0.5, 0.6) is 0 Å². The topological polar surface area (TPSA) is 101 Å². The molecular formula is C31H37F3N4O4S2. The maximum absolute atomic E-state index is 13.5. The molecule has 1 atom stereocenters. The lowest BCUT2D eigenvalue weighted by atomic mass is 9.91. The highest BCUT2D eigenvalue weighted by atomic mass is 32.2. The fourth-order valence-corrected chi connectivity index (χ4v) is 8.75. The molecule has 2 aromatic heterocycles. The van der Waals surface area contributed by atoms with Crippen LogP contribution in [-0.4, -0.2) is 63.2 Å². The maximum atomic E-state index is 13.5. The van der Waals surface area contributed by atoms with E-state index in [-0.39, 0.29) is 10.9 Å². The van der Waals surface area contributed by atoms with Crippen LogP contribution in [0.4, 0.5) is 19.0 Å². The van der Waals surface area contributed by atoms with Gasteiger partial charge in [-0.2, -0.15) is 13.2 Å². The molecule has 1 aromatic carbocycles. The number of nitrogens with zero attached hydrogens (tertiary/aromatic N) is 3. The number of rotatable bonds is 8. The Kier molecular flexibility index (Phi) is 8.98. The molecule has 8 nitrogen and oxygen atoms in total. The van der Waals surface area contributed by atoms with Gasteiger partial charge in [0.1, 0.15) is 22.3 Å². The summed E-state index contributed by atoms with van der Waals surface area (Å²) in [5.74, 6) is 0.337. The molecule has 13 heteroatoms. The first-order valence-electron chi connectivity index (χ1n) is 14.5. The van der Waals surface area contributed by atoms with E-state index < -0.39 is 48.1 Å². The Morgan fingerprint density at radius 2 is 1.61 bits per heavy atom. The summed E-state index contributed by atoms with van der Waals surface area (Å²) in [5.41, 5.74) is 1.01. The van der Waals surface area contributed by atoms with Crippen molar-refractivity contribution in [3.05, 3.63) is 72.2 Å². The molecule has 3 aromatic rings. The van der Waals surface area contributed by atoms with Crippen LogP contribution in [0.1, 0.15) is 57.7 Å². The highest BCUT2D eigenvalue weighted by molar-refractivity contribution is 7.92. The number of ether oxygens (including phenoxy) is 1. The number of halogens is 3. The van der Waals surface area contributed by atoms with E-state index in [2.05, 4.69) is 15.3 Å². The molecule has 0 bridgehead atoms. The van der Waals surface area contributed by atoms with Crippen molar-refractivity contribution in [2.24, 2.45) is 0 Å². The molecule has 2 aliphatic rings. The molecule has 1 saturated heterocycles. The Morgan fingerprint density at radius 1 is 0.955 bits per heavy atom. The first kappa shape index (κ1) is 32.5. The van der Waals surface area contributed by atoms with Gasteiger partial charge in [0.2, 0.25) is 0 Å². The average molecular weight is 651 g/mol. The van der Waals surface area contributed by atoms with Crippen LogP contribution in [0.25, 0.3) is 11.1 Å². The molecule has 0 radical (unpaired) electrons. The fourth-order valence-electron chi connectivity index (χ4n) is 5.62. The lowest BCUT2D eigenvalue weighted by Gasteiger charge is -2.48. The molecule has 44 heavy (non-hydrogen) atoms. The van der Waals surface area contributed by atoms with Crippen molar-refractivity contribution >= 4 is 26.6 Å². The summed E-state index contributed by atoms with van der Waals surface area (Å²) in [6, 6.07) is 12.8. The number of anilines is 1. The minimum absolute atomic E-state index is 0.0711. The number of hydrogen-bond donors (Lipinski definition) is 1. The number of nitrogens with one attached hydrogen (secondary N) is 1. The molecule has 1 aliphatic carbocycles. The number of hydrogen-bond acceptors (Lipinski definition) is 7. The minimum Gasteiger partial charge on any atom is -0.376 e. The van der Waals surface area contributed by atoms with Gasteiger partial charge in [0.25, 0.3) is 0 Å². The van der Waals surface area contributed by atoms with Crippen molar-refractivity contribution < 1.29 is 30.5 Å². The van der Waals surface area contributed by atoms with Crippen molar-refractivity contribution in [3.8, 4) is 11.1 Å². The molecule has 238 valence electrons. The van der Waals surface area contributed by atoms with Gasteiger partial charge < -0.3 is 10.1 Å². The van der Waals surface area contributed by atoms with Crippen LogP contribution in [-0.2, 0) is 37.3 Å². The van der Waals surface area contributed by atoms with E-state index in [1.54, 1.807) is 30.5 Å². The number of pyridine rings is 2. The first-order chi connectivity index (χ1) is 20.6. The SMILES string of the molecule is CN(S(=O)C(C)(C)C)C1(c2cc(-c3ccc(S(=O)(=O)C4CCC(Nc5ccc(C(F)(F)F)cn5)CC4)cc3)ccn2)COC1. The van der Waals surface area contributed by atoms with Crippen LogP contribution in [0.15, 0.2) is 65.8 Å². The van der Waals surface area contributed by atoms with E-state index in [0.29, 0.717) is 44.7 Å². The Morgan fingerprint density at radius 3 is 2.14 bits per heavy atom. The molecule has 2 fully saturated rings. The van der Waals surface area contributed by atoms with Gasteiger partial charge in [-0.25, -0.2) is 21.9 Å². The molecule has 5 rings (SSSR count). The zero-order valence-electron chi connectivity index (χ0n) is 25.1. The molecule has 1 N–H and O–H groups in total. The van der Waals surface area contributed by atoms with Crippen molar-refractivity contribution in [1.29, 1.82) is 0 Å². The summed E-state index contributed by atoms with van der Waals surface area (Å²) in [6.07, 6.45) is 0.0394. The number of likely N-dealkylation sites (N-methyl/N-ethyl adjacent to an activating group) is 1. The molecular weight excluding hydrogens is 613 g/mol. The predicted octanol–water partition coefficient (Wildman–Crippen LogP) is 5.98. The van der Waals surface area contributed by atoms with Crippen LogP contribution in [0.3, 0.4) is 0 Å². The quantitative estimate of drug-likeness (QED) is 0.320. The van der Waals surface area contributed by atoms with E-state index in [1.807, 2.05) is 44.3 Å². The lowest BCUT2D eigenvalue weighted by Crippen LogP contribution is -2.60.